The Hall–Kier alpha value is -2.11. The van der Waals surface area contributed by atoms with Gasteiger partial charge in [0, 0.05) is 61.9 Å². The first kappa shape index (κ1) is 23.6. The monoisotopic (exact) mass is 464 g/mol. The number of ether oxygens (including phenoxy) is 2. The van der Waals surface area contributed by atoms with Crippen LogP contribution in [0.15, 0.2) is 37.1 Å². The minimum absolute atomic E-state index is 0.0129. The van der Waals surface area contributed by atoms with Crippen molar-refractivity contribution >= 4 is 16.9 Å². The maximum absolute atomic E-state index is 13.2. The van der Waals surface area contributed by atoms with Crippen LogP contribution >= 0.6 is 0 Å². The fraction of sp³-hybridized carbons (Fsp3) is 0.621. The molecule has 184 valence electrons. The highest BCUT2D eigenvalue weighted by Gasteiger charge is 2.43. The predicted octanol–water partition coefficient (Wildman–Crippen LogP) is 5.32. The molecule has 3 aliphatic rings. The molecule has 3 heterocycles. The Labute approximate surface area is 204 Å². The third-order valence-corrected chi connectivity index (χ3v) is 8.28. The summed E-state index contributed by atoms with van der Waals surface area (Å²) < 4.78 is 13.7. The zero-order chi connectivity index (χ0) is 23.5. The van der Waals surface area contributed by atoms with Gasteiger partial charge in [0.1, 0.15) is 0 Å². The van der Waals surface area contributed by atoms with Gasteiger partial charge in [-0.1, -0.05) is 25.1 Å². The van der Waals surface area contributed by atoms with E-state index in [9.17, 15) is 4.79 Å². The molecule has 0 N–H and O–H groups in total. The number of hydrogen-bond donors (Lipinski definition) is 0. The average molecular weight is 465 g/mol. The van der Waals surface area contributed by atoms with Gasteiger partial charge in [-0.15, -0.1) is 6.58 Å². The number of rotatable bonds is 9. The Morgan fingerprint density at radius 3 is 2.94 bits per heavy atom. The molecule has 34 heavy (non-hydrogen) atoms. The third-order valence-electron chi connectivity index (χ3n) is 8.28. The number of piperidine rings is 1. The molecule has 5 nitrogen and oxygen atoms in total. The van der Waals surface area contributed by atoms with E-state index in [1.54, 1.807) is 0 Å². The summed E-state index contributed by atoms with van der Waals surface area (Å²) in [6, 6.07) is 7.18. The van der Waals surface area contributed by atoms with Gasteiger partial charge in [0.15, 0.2) is 0 Å². The zero-order valence-corrected chi connectivity index (χ0v) is 20.7. The van der Waals surface area contributed by atoms with E-state index in [1.165, 1.54) is 22.0 Å². The Kier molecular flexibility index (Phi) is 7.40. The normalized spacial score (nSPS) is 25.3. The van der Waals surface area contributed by atoms with E-state index in [0.717, 1.165) is 83.7 Å². The van der Waals surface area contributed by atoms with Crippen molar-refractivity contribution in [2.24, 2.45) is 11.8 Å². The summed E-state index contributed by atoms with van der Waals surface area (Å²) in [6.07, 6.45) is 11.8. The summed E-state index contributed by atoms with van der Waals surface area (Å²) in [5.74, 6) is 1.00. The Bertz CT molecular complexity index is 1010. The predicted molar refractivity (Wildman–Crippen MR) is 136 cm³/mol. The lowest BCUT2D eigenvalue weighted by Crippen LogP contribution is -2.51. The van der Waals surface area contributed by atoms with Crippen LogP contribution in [0.1, 0.15) is 62.5 Å². The van der Waals surface area contributed by atoms with Crippen molar-refractivity contribution in [3.8, 4) is 0 Å². The molecular weight excluding hydrogens is 424 g/mol. The third kappa shape index (κ3) is 4.70. The van der Waals surface area contributed by atoms with Gasteiger partial charge in [-0.05, 0) is 68.1 Å². The summed E-state index contributed by atoms with van der Waals surface area (Å²) in [6.45, 7) is 11.2. The summed E-state index contributed by atoms with van der Waals surface area (Å²) in [5.41, 5.74) is 4.23. The number of carbonyl (C=O) groups excluding carboxylic acids is 1. The largest absolute Gasteiger partial charge is 0.465 e. The van der Waals surface area contributed by atoms with Crippen molar-refractivity contribution in [1.29, 1.82) is 0 Å². The van der Waals surface area contributed by atoms with E-state index in [1.807, 2.05) is 6.08 Å². The highest BCUT2D eigenvalue weighted by Crippen LogP contribution is 2.45. The summed E-state index contributed by atoms with van der Waals surface area (Å²) in [5, 5.41) is 1.43. The quantitative estimate of drug-likeness (QED) is 0.286. The minimum Gasteiger partial charge on any atom is -0.465 e. The number of benzene rings is 1. The van der Waals surface area contributed by atoms with Crippen molar-refractivity contribution in [3.05, 3.63) is 48.2 Å². The van der Waals surface area contributed by atoms with Crippen LogP contribution in [0.4, 0.5) is 0 Å². The van der Waals surface area contributed by atoms with Crippen molar-refractivity contribution in [1.82, 2.24) is 9.47 Å². The smallest absolute Gasteiger partial charge is 0.310 e. The molecule has 2 fully saturated rings. The second kappa shape index (κ2) is 10.7. The number of carbonyl (C=O) groups is 1. The molecule has 1 aromatic heterocycles. The van der Waals surface area contributed by atoms with Crippen LogP contribution in [-0.2, 0) is 27.2 Å². The lowest BCUT2D eigenvalue weighted by Gasteiger charge is -2.46. The van der Waals surface area contributed by atoms with Crippen LogP contribution in [0.5, 0.6) is 0 Å². The van der Waals surface area contributed by atoms with E-state index in [2.05, 4.69) is 47.4 Å². The number of aryl methyl sites for hydroxylation is 1. The Balaban J connectivity index is 1.29. The number of fused-ring (bicyclic) bond motifs is 2. The van der Waals surface area contributed by atoms with Crippen molar-refractivity contribution < 1.29 is 14.3 Å². The summed E-state index contributed by atoms with van der Waals surface area (Å²) in [4.78, 5) is 15.6. The van der Waals surface area contributed by atoms with Gasteiger partial charge in [-0.25, -0.2) is 0 Å². The maximum Gasteiger partial charge on any atom is 0.310 e. The van der Waals surface area contributed by atoms with E-state index >= 15 is 0 Å². The molecule has 0 unspecified atom stereocenters. The lowest BCUT2D eigenvalue weighted by molar-refractivity contribution is -0.151. The zero-order valence-electron chi connectivity index (χ0n) is 20.7. The SMILES string of the molecule is C=CCN1C[C@H](C(=O)OCCCC2CCOCC2)C[C@@H]2c3cccc4c3c(cn4CCC)C[C@H]21. The number of esters is 1. The molecule has 2 aliphatic heterocycles. The highest BCUT2D eigenvalue weighted by molar-refractivity contribution is 5.89. The molecule has 0 spiro atoms. The van der Waals surface area contributed by atoms with Gasteiger partial charge in [-0.2, -0.15) is 0 Å². The number of aromatic nitrogens is 1. The van der Waals surface area contributed by atoms with Crippen LogP contribution in [-0.4, -0.2) is 54.4 Å². The van der Waals surface area contributed by atoms with Crippen LogP contribution in [0.3, 0.4) is 0 Å². The van der Waals surface area contributed by atoms with Crippen LogP contribution in [0, 0.1) is 11.8 Å². The van der Waals surface area contributed by atoms with Gasteiger partial charge in [0.25, 0.3) is 0 Å². The molecule has 5 heteroatoms. The van der Waals surface area contributed by atoms with Gasteiger partial charge in [-0.3, -0.25) is 9.69 Å². The highest BCUT2D eigenvalue weighted by atomic mass is 16.5. The molecule has 0 saturated carbocycles. The number of nitrogens with zero attached hydrogens (tertiary/aromatic N) is 2. The molecule has 2 saturated heterocycles. The lowest BCUT2D eigenvalue weighted by atomic mass is 9.72. The average Bonchev–Trinajstić information content (AvgIpc) is 3.21. The molecule has 2 aromatic rings. The van der Waals surface area contributed by atoms with Crippen molar-refractivity contribution in [3.63, 3.8) is 0 Å². The van der Waals surface area contributed by atoms with E-state index < -0.39 is 0 Å². The van der Waals surface area contributed by atoms with Crippen molar-refractivity contribution in [2.75, 3.05) is 32.9 Å². The Morgan fingerprint density at radius 1 is 1.29 bits per heavy atom. The van der Waals surface area contributed by atoms with Crippen LogP contribution < -0.4 is 0 Å². The van der Waals surface area contributed by atoms with Crippen molar-refractivity contribution in [2.45, 2.75) is 70.4 Å². The Morgan fingerprint density at radius 2 is 2.15 bits per heavy atom. The first-order valence-electron chi connectivity index (χ1n) is 13.4. The standard InChI is InChI=1S/C29H40N2O3/c1-3-12-30-19-22-18-27-25(24-8-5-9-26(30)28(22)24)17-23(20-31(27)13-4-2)29(32)34-14-6-7-21-10-15-33-16-11-21/h4-5,8-9,19,21,23,25,27H,2-3,6-7,10-18,20H2,1H3/t23-,25-,27-/m1/s1. The second-order valence-electron chi connectivity index (χ2n) is 10.5. The maximum atomic E-state index is 13.2. The first-order valence-corrected chi connectivity index (χ1v) is 13.4. The summed E-state index contributed by atoms with van der Waals surface area (Å²) >= 11 is 0. The molecule has 1 aliphatic carbocycles. The van der Waals surface area contributed by atoms with E-state index in [0.29, 0.717) is 18.6 Å². The molecule has 0 bridgehead atoms. The molecule has 0 radical (unpaired) electrons. The molecule has 0 amide bonds. The van der Waals surface area contributed by atoms with Crippen LogP contribution in [0.2, 0.25) is 0 Å². The minimum atomic E-state index is -0.0705. The summed E-state index contributed by atoms with van der Waals surface area (Å²) in [7, 11) is 0. The fourth-order valence-corrected chi connectivity index (χ4v) is 6.64. The number of likely N-dealkylation sites (tertiary alicyclic amines) is 1. The molecule has 5 rings (SSSR count). The van der Waals surface area contributed by atoms with E-state index in [-0.39, 0.29) is 11.9 Å². The van der Waals surface area contributed by atoms with Gasteiger partial charge < -0.3 is 14.0 Å². The molecule has 3 atom stereocenters. The van der Waals surface area contributed by atoms with E-state index in [4.69, 9.17) is 9.47 Å². The van der Waals surface area contributed by atoms with Crippen LogP contribution in [0.25, 0.3) is 10.9 Å². The topological polar surface area (TPSA) is 43.7 Å². The molecular formula is C29H40N2O3. The first-order chi connectivity index (χ1) is 16.7. The second-order valence-corrected chi connectivity index (χ2v) is 10.5. The number of hydrogen-bond acceptors (Lipinski definition) is 4. The molecule has 1 aromatic carbocycles. The fourth-order valence-electron chi connectivity index (χ4n) is 6.64. The van der Waals surface area contributed by atoms with Gasteiger partial charge in [0.05, 0.1) is 12.5 Å². The van der Waals surface area contributed by atoms with Gasteiger partial charge in [0.2, 0.25) is 0 Å². The van der Waals surface area contributed by atoms with Gasteiger partial charge >= 0.3 is 5.97 Å².